The van der Waals surface area contributed by atoms with Crippen LogP contribution in [0.4, 0.5) is 4.39 Å². The second kappa shape index (κ2) is 5.90. The van der Waals surface area contributed by atoms with Crippen molar-refractivity contribution in [1.82, 2.24) is 10.1 Å². The highest BCUT2D eigenvalue weighted by molar-refractivity contribution is 5.55. The number of hydrogen-bond donors (Lipinski definition) is 1. The first-order valence-corrected chi connectivity index (χ1v) is 5.93. The Balaban J connectivity index is 2.14. The molecule has 0 spiro atoms. The molecule has 0 bridgehead atoms. The molecule has 1 unspecified atom stereocenters. The summed E-state index contributed by atoms with van der Waals surface area (Å²) in [5.41, 5.74) is 7.06. The van der Waals surface area contributed by atoms with E-state index in [1.54, 1.807) is 26.2 Å². The van der Waals surface area contributed by atoms with Crippen LogP contribution >= 0.6 is 0 Å². The van der Waals surface area contributed by atoms with Gasteiger partial charge in [0, 0.05) is 25.1 Å². The number of ether oxygens (including phenoxy) is 1. The molecule has 19 heavy (non-hydrogen) atoms. The van der Waals surface area contributed by atoms with Crippen LogP contribution in [0.5, 0.6) is 0 Å². The van der Waals surface area contributed by atoms with Crippen molar-refractivity contribution < 1.29 is 13.7 Å². The van der Waals surface area contributed by atoms with E-state index < -0.39 is 0 Å². The minimum Gasteiger partial charge on any atom is -0.383 e. The largest absolute Gasteiger partial charge is 0.383 e. The van der Waals surface area contributed by atoms with Gasteiger partial charge >= 0.3 is 0 Å². The molecule has 1 heterocycles. The average molecular weight is 265 g/mol. The molecule has 1 aromatic carbocycles. The second-order valence-electron chi connectivity index (χ2n) is 4.40. The van der Waals surface area contributed by atoms with Gasteiger partial charge in [0.25, 0.3) is 0 Å². The van der Waals surface area contributed by atoms with Gasteiger partial charge < -0.3 is 15.0 Å². The van der Waals surface area contributed by atoms with Gasteiger partial charge in [0.15, 0.2) is 0 Å². The fourth-order valence-corrected chi connectivity index (χ4v) is 1.74. The van der Waals surface area contributed by atoms with E-state index in [0.717, 1.165) is 0 Å². The van der Waals surface area contributed by atoms with E-state index >= 15 is 0 Å². The Kier molecular flexibility index (Phi) is 4.24. The number of halogens is 1. The van der Waals surface area contributed by atoms with Crippen LogP contribution in [-0.4, -0.2) is 29.9 Å². The molecule has 0 saturated heterocycles. The maximum absolute atomic E-state index is 13.2. The second-order valence-corrected chi connectivity index (χ2v) is 4.40. The summed E-state index contributed by atoms with van der Waals surface area (Å²) in [6.45, 7) is 2.11. The van der Waals surface area contributed by atoms with Crippen LogP contribution in [0.1, 0.15) is 11.5 Å². The lowest BCUT2D eigenvalue weighted by Crippen LogP contribution is -2.28. The molecule has 0 fully saturated rings. The van der Waals surface area contributed by atoms with Gasteiger partial charge in [-0.15, -0.1) is 0 Å². The minimum absolute atomic E-state index is 0.187. The maximum Gasteiger partial charge on any atom is 0.228 e. The summed E-state index contributed by atoms with van der Waals surface area (Å²) in [6, 6.07) is 4.50. The number of benzene rings is 1. The van der Waals surface area contributed by atoms with Crippen LogP contribution in [0.15, 0.2) is 22.7 Å². The summed E-state index contributed by atoms with van der Waals surface area (Å²) in [5.74, 6) is 0.624. The summed E-state index contributed by atoms with van der Waals surface area (Å²) in [6.07, 6.45) is 0.445. The molecule has 0 saturated carbocycles. The highest BCUT2D eigenvalue weighted by atomic mass is 19.1. The highest BCUT2D eigenvalue weighted by Gasteiger charge is 2.13. The number of methoxy groups -OCH3 is 1. The van der Waals surface area contributed by atoms with Crippen LogP contribution in [0, 0.1) is 12.7 Å². The molecular formula is C13H16FN3O2. The zero-order chi connectivity index (χ0) is 13.8. The molecular weight excluding hydrogens is 249 g/mol. The van der Waals surface area contributed by atoms with Gasteiger partial charge in [0.05, 0.1) is 6.61 Å². The van der Waals surface area contributed by atoms with Crippen molar-refractivity contribution in [2.24, 2.45) is 5.73 Å². The Morgan fingerprint density at radius 3 is 2.95 bits per heavy atom. The van der Waals surface area contributed by atoms with E-state index in [-0.39, 0.29) is 11.9 Å². The zero-order valence-corrected chi connectivity index (χ0v) is 10.9. The number of aryl methyl sites for hydroxylation is 1. The van der Waals surface area contributed by atoms with Crippen molar-refractivity contribution in [2.75, 3.05) is 13.7 Å². The molecule has 0 amide bonds. The fraction of sp³-hybridized carbons (Fsp3) is 0.385. The van der Waals surface area contributed by atoms with E-state index in [9.17, 15) is 4.39 Å². The van der Waals surface area contributed by atoms with Crippen molar-refractivity contribution in [3.8, 4) is 11.4 Å². The third kappa shape index (κ3) is 3.36. The summed E-state index contributed by atoms with van der Waals surface area (Å²) >= 11 is 0. The Hall–Kier alpha value is -1.79. The van der Waals surface area contributed by atoms with Crippen LogP contribution in [-0.2, 0) is 11.2 Å². The molecule has 5 nitrogen and oxygen atoms in total. The van der Waals surface area contributed by atoms with Crippen molar-refractivity contribution in [3.63, 3.8) is 0 Å². The smallest absolute Gasteiger partial charge is 0.228 e. The molecule has 102 valence electrons. The molecule has 0 aliphatic carbocycles. The first kappa shape index (κ1) is 13.6. The quantitative estimate of drug-likeness (QED) is 0.890. The minimum atomic E-state index is -0.255. The average Bonchev–Trinajstić information content (AvgIpc) is 2.81. The van der Waals surface area contributed by atoms with Crippen molar-refractivity contribution in [2.45, 2.75) is 19.4 Å². The molecule has 6 heteroatoms. The van der Waals surface area contributed by atoms with E-state index in [2.05, 4.69) is 10.1 Å². The highest BCUT2D eigenvalue weighted by Crippen LogP contribution is 2.19. The number of nitrogens with zero attached hydrogens (tertiary/aromatic N) is 2. The zero-order valence-electron chi connectivity index (χ0n) is 10.9. The Labute approximate surface area is 110 Å². The normalized spacial score (nSPS) is 12.6. The first-order chi connectivity index (χ1) is 9.10. The maximum atomic E-state index is 13.2. The number of rotatable bonds is 5. The predicted molar refractivity (Wildman–Crippen MR) is 68.0 cm³/mol. The standard InChI is InChI=1S/C13H16FN3O2/c1-8-5-9(3-4-11(8)14)13-16-12(19-17-13)6-10(15)7-18-2/h3-5,10H,6-7,15H2,1-2H3. The van der Waals surface area contributed by atoms with Gasteiger partial charge in [-0.25, -0.2) is 4.39 Å². The van der Waals surface area contributed by atoms with Gasteiger partial charge in [0.1, 0.15) is 5.82 Å². The number of nitrogens with two attached hydrogens (primary N) is 1. The Bertz CT molecular complexity index is 557. The summed E-state index contributed by atoms with van der Waals surface area (Å²) in [5, 5.41) is 3.87. The van der Waals surface area contributed by atoms with Crippen molar-refractivity contribution in [1.29, 1.82) is 0 Å². The molecule has 2 rings (SSSR count). The molecule has 0 radical (unpaired) electrons. The van der Waals surface area contributed by atoms with Gasteiger partial charge in [-0.05, 0) is 30.7 Å². The molecule has 0 aliphatic heterocycles. The molecule has 1 aromatic heterocycles. The molecule has 2 aromatic rings. The number of hydrogen-bond acceptors (Lipinski definition) is 5. The molecule has 0 aliphatic rings. The lowest BCUT2D eigenvalue weighted by Gasteiger charge is -2.05. The van der Waals surface area contributed by atoms with E-state index in [1.807, 2.05) is 0 Å². The van der Waals surface area contributed by atoms with E-state index in [1.165, 1.54) is 6.07 Å². The Morgan fingerprint density at radius 2 is 2.26 bits per heavy atom. The van der Waals surface area contributed by atoms with Crippen LogP contribution in [0.3, 0.4) is 0 Å². The third-order valence-electron chi connectivity index (χ3n) is 2.70. The van der Waals surface area contributed by atoms with Crippen LogP contribution in [0.2, 0.25) is 0 Å². The lowest BCUT2D eigenvalue weighted by molar-refractivity contribution is 0.176. The van der Waals surface area contributed by atoms with Gasteiger partial charge in [-0.3, -0.25) is 0 Å². The van der Waals surface area contributed by atoms with E-state index in [4.69, 9.17) is 15.0 Å². The third-order valence-corrected chi connectivity index (χ3v) is 2.70. The first-order valence-electron chi connectivity index (χ1n) is 5.93. The fourth-order valence-electron chi connectivity index (χ4n) is 1.74. The Morgan fingerprint density at radius 1 is 1.47 bits per heavy atom. The monoisotopic (exact) mass is 265 g/mol. The van der Waals surface area contributed by atoms with Gasteiger partial charge in [-0.2, -0.15) is 4.98 Å². The predicted octanol–water partition coefficient (Wildman–Crippen LogP) is 1.70. The van der Waals surface area contributed by atoms with Crippen molar-refractivity contribution in [3.05, 3.63) is 35.5 Å². The van der Waals surface area contributed by atoms with Crippen LogP contribution < -0.4 is 5.73 Å². The SMILES string of the molecule is COCC(N)Cc1nc(-c2ccc(F)c(C)c2)no1. The summed E-state index contributed by atoms with van der Waals surface area (Å²) in [7, 11) is 1.58. The van der Waals surface area contributed by atoms with Crippen LogP contribution in [0.25, 0.3) is 11.4 Å². The number of aromatic nitrogens is 2. The van der Waals surface area contributed by atoms with Crippen molar-refractivity contribution >= 4 is 0 Å². The summed E-state index contributed by atoms with van der Waals surface area (Å²) < 4.78 is 23.2. The van der Waals surface area contributed by atoms with E-state index in [0.29, 0.717) is 35.9 Å². The topological polar surface area (TPSA) is 74.2 Å². The van der Waals surface area contributed by atoms with Gasteiger partial charge in [0.2, 0.25) is 11.7 Å². The lowest BCUT2D eigenvalue weighted by atomic mass is 10.1. The summed E-state index contributed by atoms with van der Waals surface area (Å²) in [4.78, 5) is 4.24. The molecule has 2 N–H and O–H groups in total. The van der Waals surface area contributed by atoms with Gasteiger partial charge in [-0.1, -0.05) is 5.16 Å². The molecule has 1 atom stereocenters.